The van der Waals surface area contributed by atoms with Crippen LogP contribution in [0.4, 0.5) is 5.95 Å². The van der Waals surface area contributed by atoms with Crippen molar-refractivity contribution >= 4 is 17.0 Å². The molecule has 0 spiro atoms. The van der Waals surface area contributed by atoms with Crippen LogP contribution < -0.4 is 9.88 Å². The second-order valence-electron chi connectivity index (χ2n) is 5.74. The monoisotopic (exact) mass is 326 g/mol. The first-order valence-electron chi connectivity index (χ1n) is 7.50. The molecule has 2 aromatic heterocycles. The van der Waals surface area contributed by atoms with Crippen LogP contribution in [0, 0.1) is 10.1 Å². The Morgan fingerprint density at radius 1 is 1.42 bits per heavy atom. The number of aryl methyl sites for hydroxylation is 2. The molecule has 1 N–H and O–H groups in total. The van der Waals surface area contributed by atoms with E-state index in [2.05, 4.69) is 24.5 Å². The zero-order valence-electron chi connectivity index (χ0n) is 13.2. The highest BCUT2D eigenvalue weighted by molar-refractivity contribution is 5.72. The number of para-hydroxylation sites is 2. The summed E-state index contributed by atoms with van der Waals surface area (Å²) in [5.41, 5.74) is 2.22. The molecule has 0 fully saturated rings. The lowest BCUT2D eigenvalue weighted by atomic mass is 10.1. The Kier molecular flexibility index (Phi) is 3.08. The van der Waals surface area contributed by atoms with E-state index in [9.17, 15) is 10.1 Å². The van der Waals surface area contributed by atoms with Crippen molar-refractivity contribution in [2.45, 2.75) is 12.5 Å². The van der Waals surface area contributed by atoms with Crippen molar-refractivity contribution in [3.8, 4) is 0 Å². The molecule has 4 rings (SSSR count). The number of nitrogens with zero attached hydrogens (tertiary/aromatic N) is 6. The van der Waals surface area contributed by atoms with Crippen molar-refractivity contribution in [2.75, 3.05) is 5.32 Å². The number of imidazole rings is 1. The second-order valence-corrected chi connectivity index (χ2v) is 5.74. The highest BCUT2D eigenvalue weighted by Gasteiger charge is 2.36. The normalized spacial score (nSPS) is 16.6. The topological polar surface area (TPSA) is 94.7 Å². The summed E-state index contributed by atoms with van der Waals surface area (Å²) in [5.74, 6) is 1.48. The predicted molar refractivity (Wildman–Crippen MR) is 85.6 cm³/mol. The third-order valence-electron chi connectivity index (χ3n) is 4.52. The molecule has 0 aliphatic carbocycles. The molecule has 0 saturated carbocycles. The van der Waals surface area contributed by atoms with Crippen molar-refractivity contribution in [1.29, 1.82) is 0 Å². The Morgan fingerprint density at radius 3 is 2.96 bits per heavy atom. The number of allylic oxidation sites excluding steroid dienone is 1. The van der Waals surface area contributed by atoms with Crippen LogP contribution in [0.3, 0.4) is 0 Å². The van der Waals surface area contributed by atoms with Crippen LogP contribution >= 0.6 is 0 Å². The van der Waals surface area contributed by atoms with E-state index in [4.69, 9.17) is 0 Å². The molecule has 1 aliphatic rings. The van der Waals surface area contributed by atoms with Gasteiger partial charge in [-0.2, -0.15) is 10.1 Å². The quantitative estimate of drug-likeness (QED) is 0.439. The van der Waals surface area contributed by atoms with Crippen molar-refractivity contribution in [3.05, 3.63) is 58.4 Å². The molecule has 24 heavy (non-hydrogen) atoms. The van der Waals surface area contributed by atoms with Gasteiger partial charge in [-0.1, -0.05) is 12.1 Å². The minimum Gasteiger partial charge on any atom is -0.325 e. The summed E-state index contributed by atoms with van der Waals surface area (Å²) in [5, 5.41) is 18.4. The van der Waals surface area contributed by atoms with Gasteiger partial charge in [-0.3, -0.25) is 10.1 Å². The number of hydrogen-bond donors (Lipinski definition) is 1. The summed E-state index contributed by atoms with van der Waals surface area (Å²) in [4.78, 5) is 15.2. The fourth-order valence-corrected chi connectivity index (χ4v) is 3.29. The summed E-state index contributed by atoms with van der Waals surface area (Å²) < 4.78 is 5.69. The standard InChI is InChI=1S/C15H16N7O2/c1-19-10-5-3-4-6-11(10)20(2)14(19)7-12-13(22(23)24)8-16-15-17-9-18-21(12)15/h3-6,8-9,12H,7H2,1-2H3,(H,16,17,18)/q+1. The van der Waals surface area contributed by atoms with E-state index in [1.807, 2.05) is 38.4 Å². The van der Waals surface area contributed by atoms with Gasteiger partial charge in [-0.25, -0.2) is 13.8 Å². The summed E-state index contributed by atoms with van der Waals surface area (Å²) in [6.07, 6.45) is 3.23. The molecule has 0 bridgehead atoms. The maximum absolute atomic E-state index is 11.5. The minimum atomic E-state index is -0.520. The van der Waals surface area contributed by atoms with Gasteiger partial charge < -0.3 is 5.32 Å². The number of aromatic nitrogens is 5. The fourth-order valence-electron chi connectivity index (χ4n) is 3.29. The summed E-state index contributed by atoms with van der Waals surface area (Å²) in [7, 11) is 3.94. The lowest BCUT2D eigenvalue weighted by Crippen LogP contribution is -2.36. The van der Waals surface area contributed by atoms with Gasteiger partial charge in [0.25, 0.3) is 11.5 Å². The zero-order valence-corrected chi connectivity index (χ0v) is 13.2. The minimum absolute atomic E-state index is 0.0678. The molecular formula is C15H16N7O2+. The molecular weight excluding hydrogens is 310 g/mol. The predicted octanol–water partition coefficient (Wildman–Crippen LogP) is 0.922. The Hall–Kier alpha value is -3.23. The van der Waals surface area contributed by atoms with Crippen molar-refractivity contribution < 1.29 is 9.49 Å². The van der Waals surface area contributed by atoms with Crippen LogP contribution in [-0.4, -0.2) is 24.3 Å². The number of benzene rings is 1. The number of hydrogen-bond acceptors (Lipinski definition) is 5. The zero-order chi connectivity index (χ0) is 16.8. The first kappa shape index (κ1) is 14.4. The maximum Gasteiger partial charge on any atom is 0.287 e. The SMILES string of the molecule is Cn1c(CC2C([N+](=O)[O-])=CNc3ncnn32)[n+](C)c2ccccc21. The Bertz CT molecular complexity index is 946. The third-order valence-corrected chi connectivity index (χ3v) is 4.52. The fraction of sp³-hybridized carbons (Fsp3) is 0.267. The lowest BCUT2D eigenvalue weighted by Gasteiger charge is -2.19. The number of nitrogens with one attached hydrogen (secondary N) is 1. The third kappa shape index (κ3) is 1.98. The summed E-state index contributed by atoms with van der Waals surface area (Å²) in [6.45, 7) is 0. The van der Waals surface area contributed by atoms with E-state index < -0.39 is 6.04 Å². The molecule has 1 aromatic carbocycles. The molecule has 1 aliphatic heterocycles. The van der Waals surface area contributed by atoms with Gasteiger partial charge in [-0.15, -0.1) is 0 Å². The van der Waals surface area contributed by atoms with Gasteiger partial charge in [0.15, 0.2) is 17.1 Å². The van der Waals surface area contributed by atoms with Gasteiger partial charge >= 0.3 is 0 Å². The van der Waals surface area contributed by atoms with Crippen LogP contribution in [-0.2, 0) is 20.5 Å². The van der Waals surface area contributed by atoms with E-state index in [1.165, 1.54) is 12.5 Å². The van der Waals surface area contributed by atoms with E-state index in [-0.39, 0.29) is 10.6 Å². The molecule has 3 heterocycles. The van der Waals surface area contributed by atoms with Crippen LogP contribution in [0.15, 0.2) is 42.5 Å². The summed E-state index contributed by atoms with van der Waals surface area (Å²) in [6, 6.07) is 7.51. The number of fused-ring (bicyclic) bond motifs is 2. The van der Waals surface area contributed by atoms with Crippen LogP contribution in [0.2, 0.25) is 0 Å². The van der Waals surface area contributed by atoms with Gasteiger partial charge in [-0.05, 0) is 12.1 Å². The molecule has 0 saturated heterocycles. The highest BCUT2D eigenvalue weighted by atomic mass is 16.6. The average molecular weight is 326 g/mol. The molecule has 9 nitrogen and oxygen atoms in total. The van der Waals surface area contributed by atoms with Crippen LogP contribution in [0.25, 0.3) is 11.0 Å². The molecule has 0 amide bonds. The van der Waals surface area contributed by atoms with Gasteiger partial charge in [0.1, 0.15) is 6.33 Å². The molecule has 1 atom stereocenters. The Balaban J connectivity index is 1.83. The summed E-state index contributed by atoms with van der Waals surface area (Å²) >= 11 is 0. The van der Waals surface area contributed by atoms with E-state index in [0.717, 1.165) is 16.9 Å². The molecule has 3 aromatic rings. The van der Waals surface area contributed by atoms with Gasteiger partial charge in [0, 0.05) is 0 Å². The van der Waals surface area contributed by atoms with E-state index in [1.54, 1.807) is 4.68 Å². The number of anilines is 1. The molecule has 9 heteroatoms. The largest absolute Gasteiger partial charge is 0.325 e. The van der Waals surface area contributed by atoms with Gasteiger partial charge in [0.2, 0.25) is 5.95 Å². The molecule has 1 unspecified atom stereocenters. The Labute approximate surface area is 137 Å². The van der Waals surface area contributed by atoms with Crippen LogP contribution in [0.1, 0.15) is 11.9 Å². The average Bonchev–Trinajstić information content (AvgIpc) is 3.14. The first-order valence-corrected chi connectivity index (χ1v) is 7.50. The number of rotatable bonds is 3. The maximum atomic E-state index is 11.5. The van der Waals surface area contributed by atoms with Crippen molar-refractivity contribution in [3.63, 3.8) is 0 Å². The number of nitro groups is 1. The van der Waals surface area contributed by atoms with Crippen molar-refractivity contribution in [1.82, 2.24) is 19.3 Å². The Morgan fingerprint density at radius 2 is 2.21 bits per heavy atom. The molecule has 122 valence electrons. The second kappa shape index (κ2) is 5.15. The van der Waals surface area contributed by atoms with Crippen molar-refractivity contribution in [2.24, 2.45) is 14.1 Å². The van der Waals surface area contributed by atoms with Gasteiger partial charge in [0.05, 0.1) is 31.6 Å². The lowest BCUT2D eigenvalue weighted by molar-refractivity contribution is -0.654. The van der Waals surface area contributed by atoms with E-state index in [0.29, 0.717) is 12.4 Å². The van der Waals surface area contributed by atoms with E-state index >= 15 is 0 Å². The first-order chi connectivity index (χ1) is 11.6. The smallest absolute Gasteiger partial charge is 0.287 e. The highest BCUT2D eigenvalue weighted by Crippen LogP contribution is 2.28. The molecule has 0 radical (unpaired) electrons. The van der Waals surface area contributed by atoms with Crippen LogP contribution in [0.5, 0.6) is 0 Å².